The molecule has 7 nitrogen and oxygen atoms in total. The van der Waals surface area contributed by atoms with Gasteiger partial charge in [-0.1, -0.05) is 25.1 Å². The van der Waals surface area contributed by atoms with Gasteiger partial charge in [0, 0.05) is 51.0 Å². The number of carbonyl (C=O) groups excluding carboxylic acids is 1. The van der Waals surface area contributed by atoms with Gasteiger partial charge in [0.1, 0.15) is 5.82 Å². The van der Waals surface area contributed by atoms with Crippen LogP contribution in [0.3, 0.4) is 0 Å². The van der Waals surface area contributed by atoms with Crippen LogP contribution in [-0.4, -0.2) is 43.0 Å². The molecule has 7 heteroatoms. The lowest BCUT2D eigenvalue weighted by atomic mass is 9.99. The summed E-state index contributed by atoms with van der Waals surface area (Å²) in [6.45, 7) is 9.45. The van der Waals surface area contributed by atoms with E-state index >= 15 is 0 Å². The lowest BCUT2D eigenvalue weighted by Gasteiger charge is -2.31. The number of hydrogen-bond donors (Lipinski definition) is 2. The molecule has 2 fully saturated rings. The number of pyridine rings is 1. The number of carbonyl (C=O) groups is 1. The van der Waals surface area contributed by atoms with Crippen molar-refractivity contribution in [2.24, 2.45) is 10.9 Å². The summed E-state index contributed by atoms with van der Waals surface area (Å²) in [6, 6.07) is 12.4. The van der Waals surface area contributed by atoms with Gasteiger partial charge in [0.2, 0.25) is 5.91 Å². The summed E-state index contributed by atoms with van der Waals surface area (Å²) in [4.78, 5) is 25.6. The van der Waals surface area contributed by atoms with Gasteiger partial charge in [0.15, 0.2) is 5.96 Å². The monoisotopic (exact) mass is 448 g/mol. The van der Waals surface area contributed by atoms with Crippen LogP contribution in [0.5, 0.6) is 0 Å². The molecule has 0 bridgehead atoms. The highest BCUT2D eigenvalue weighted by Gasteiger charge is 2.21. The van der Waals surface area contributed by atoms with Crippen LogP contribution in [0.1, 0.15) is 50.7 Å². The van der Waals surface area contributed by atoms with Crippen molar-refractivity contribution in [2.75, 3.05) is 36.0 Å². The van der Waals surface area contributed by atoms with E-state index in [9.17, 15) is 4.79 Å². The molecule has 0 saturated carbocycles. The summed E-state index contributed by atoms with van der Waals surface area (Å²) in [5.74, 6) is 2.89. The number of piperidine rings is 1. The molecule has 1 aromatic carbocycles. The minimum absolute atomic E-state index is 0.218. The van der Waals surface area contributed by atoms with Crippen molar-refractivity contribution in [2.45, 2.75) is 52.6 Å². The van der Waals surface area contributed by atoms with E-state index in [1.54, 1.807) is 0 Å². The van der Waals surface area contributed by atoms with E-state index in [1.165, 1.54) is 12.8 Å². The van der Waals surface area contributed by atoms with Gasteiger partial charge in [0.05, 0.1) is 6.54 Å². The van der Waals surface area contributed by atoms with Crippen LogP contribution in [0.2, 0.25) is 0 Å². The molecule has 0 aliphatic carbocycles. The fourth-order valence-corrected chi connectivity index (χ4v) is 4.35. The number of hydrogen-bond acceptors (Lipinski definition) is 4. The number of amides is 1. The number of aromatic nitrogens is 1. The molecule has 33 heavy (non-hydrogen) atoms. The van der Waals surface area contributed by atoms with Crippen molar-refractivity contribution < 1.29 is 4.79 Å². The van der Waals surface area contributed by atoms with Crippen molar-refractivity contribution in [3.05, 3.63) is 53.7 Å². The third-order valence-electron chi connectivity index (χ3n) is 6.46. The zero-order valence-corrected chi connectivity index (χ0v) is 19.9. The van der Waals surface area contributed by atoms with Crippen LogP contribution >= 0.6 is 0 Å². The topological polar surface area (TPSA) is 72.9 Å². The normalized spacial score (nSPS) is 17.5. The second-order valence-corrected chi connectivity index (χ2v) is 9.06. The SMILES string of the molecule is CCNC(=NCc1ccc(N2CCC(C)CC2)nc1)NCc1ccc(N2CCCC2=O)cc1. The first-order chi connectivity index (χ1) is 16.1. The maximum Gasteiger partial charge on any atom is 0.227 e. The van der Waals surface area contributed by atoms with E-state index < -0.39 is 0 Å². The number of nitrogens with one attached hydrogen (secondary N) is 2. The van der Waals surface area contributed by atoms with Crippen LogP contribution in [-0.2, 0) is 17.9 Å². The van der Waals surface area contributed by atoms with Crippen LogP contribution in [0.4, 0.5) is 11.5 Å². The van der Waals surface area contributed by atoms with Crippen molar-refractivity contribution in [1.29, 1.82) is 0 Å². The highest BCUT2D eigenvalue weighted by atomic mass is 16.2. The summed E-state index contributed by atoms with van der Waals surface area (Å²) < 4.78 is 0. The van der Waals surface area contributed by atoms with E-state index in [2.05, 4.69) is 58.6 Å². The second kappa shape index (κ2) is 11.2. The summed E-state index contributed by atoms with van der Waals surface area (Å²) in [6.07, 6.45) is 6.02. The molecular weight excluding hydrogens is 412 g/mol. The van der Waals surface area contributed by atoms with Crippen LogP contribution in [0, 0.1) is 5.92 Å². The number of benzene rings is 1. The van der Waals surface area contributed by atoms with Gasteiger partial charge in [0.25, 0.3) is 0 Å². The van der Waals surface area contributed by atoms with Gasteiger partial charge in [-0.2, -0.15) is 0 Å². The Morgan fingerprint density at radius 3 is 2.45 bits per heavy atom. The lowest BCUT2D eigenvalue weighted by molar-refractivity contribution is -0.117. The van der Waals surface area contributed by atoms with E-state index in [-0.39, 0.29) is 5.91 Å². The van der Waals surface area contributed by atoms with E-state index in [4.69, 9.17) is 4.99 Å². The van der Waals surface area contributed by atoms with Crippen LogP contribution < -0.4 is 20.4 Å². The molecule has 2 N–H and O–H groups in total. The zero-order chi connectivity index (χ0) is 23.0. The van der Waals surface area contributed by atoms with Gasteiger partial charge in [-0.05, 0) is 61.4 Å². The van der Waals surface area contributed by atoms with E-state index in [0.717, 1.165) is 67.1 Å². The number of aliphatic imine (C=N–C) groups is 1. The third kappa shape index (κ3) is 6.24. The molecule has 0 radical (unpaired) electrons. The van der Waals surface area contributed by atoms with Crippen molar-refractivity contribution in [1.82, 2.24) is 15.6 Å². The maximum absolute atomic E-state index is 11.9. The zero-order valence-electron chi connectivity index (χ0n) is 19.9. The quantitative estimate of drug-likeness (QED) is 0.499. The van der Waals surface area contributed by atoms with Crippen LogP contribution in [0.15, 0.2) is 47.6 Å². The predicted molar refractivity (Wildman–Crippen MR) is 135 cm³/mol. The average molecular weight is 449 g/mol. The fraction of sp³-hybridized carbons (Fsp3) is 0.500. The molecule has 176 valence electrons. The van der Waals surface area contributed by atoms with Gasteiger partial charge >= 0.3 is 0 Å². The predicted octanol–water partition coefficient (Wildman–Crippen LogP) is 3.70. The van der Waals surface area contributed by atoms with Gasteiger partial charge < -0.3 is 20.4 Å². The third-order valence-corrected chi connectivity index (χ3v) is 6.46. The van der Waals surface area contributed by atoms with Gasteiger partial charge in [-0.15, -0.1) is 0 Å². The Morgan fingerprint density at radius 1 is 1.06 bits per heavy atom. The maximum atomic E-state index is 11.9. The van der Waals surface area contributed by atoms with Crippen LogP contribution in [0.25, 0.3) is 0 Å². The smallest absolute Gasteiger partial charge is 0.227 e. The lowest BCUT2D eigenvalue weighted by Crippen LogP contribution is -2.36. The van der Waals surface area contributed by atoms with E-state index in [1.807, 2.05) is 23.2 Å². The number of anilines is 2. The average Bonchev–Trinajstić information content (AvgIpc) is 3.28. The molecule has 0 atom stereocenters. The molecule has 1 amide bonds. The first-order valence-corrected chi connectivity index (χ1v) is 12.2. The summed E-state index contributed by atoms with van der Waals surface area (Å²) in [7, 11) is 0. The first kappa shape index (κ1) is 23.1. The Hall–Kier alpha value is -3.09. The Labute approximate surface area is 197 Å². The first-order valence-electron chi connectivity index (χ1n) is 12.2. The fourth-order valence-electron chi connectivity index (χ4n) is 4.35. The number of guanidine groups is 1. The Kier molecular flexibility index (Phi) is 7.81. The number of nitrogens with zero attached hydrogens (tertiary/aromatic N) is 4. The Balaban J connectivity index is 1.30. The second-order valence-electron chi connectivity index (χ2n) is 9.06. The van der Waals surface area contributed by atoms with E-state index in [0.29, 0.717) is 19.5 Å². The van der Waals surface area contributed by atoms with Crippen molar-refractivity contribution in [3.8, 4) is 0 Å². The minimum Gasteiger partial charge on any atom is -0.357 e. The Morgan fingerprint density at radius 2 is 1.82 bits per heavy atom. The molecule has 3 heterocycles. The Bertz CT molecular complexity index is 932. The van der Waals surface area contributed by atoms with Crippen molar-refractivity contribution in [3.63, 3.8) is 0 Å². The summed E-state index contributed by atoms with van der Waals surface area (Å²) in [5.41, 5.74) is 3.23. The number of rotatable bonds is 7. The minimum atomic E-state index is 0.218. The summed E-state index contributed by atoms with van der Waals surface area (Å²) >= 11 is 0. The molecule has 2 aromatic rings. The molecular formula is C26H36N6O. The van der Waals surface area contributed by atoms with Gasteiger partial charge in [-0.3, -0.25) is 4.79 Å². The standard InChI is InChI=1S/C26H36N6O/c1-3-27-26(29-17-21-6-9-23(10-7-21)32-14-4-5-25(32)33)30-19-22-8-11-24(28-18-22)31-15-12-20(2)13-16-31/h6-11,18,20H,3-5,12-17,19H2,1-2H3,(H2,27,29,30). The molecule has 2 saturated heterocycles. The van der Waals surface area contributed by atoms with Crippen molar-refractivity contribution >= 4 is 23.4 Å². The van der Waals surface area contributed by atoms with Gasteiger partial charge in [-0.25, -0.2) is 9.98 Å². The molecule has 1 aromatic heterocycles. The molecule has 4 rings (SSSR count). The molecule has 2 aliphatic heterocycles. The highest BCUT2D eigenvalue weighted by molar-refractivity contribution is 5.95. The molecule has 2 aliphatic rings. The summed E-state index contributed by atoms with van der Waals surface area (Å²) in [5, 5.41) is 6.71. The molecule has 0 unspecified atom stereocenters. The molecule has 0 spiro atoms. The largest absolute Gasteiger partial charge is 0.357 e. The highest BCUT2D eigenvalue weighted by Crippen LogP contribution is 2.22.